The average Bonchev–Trinajstić information content (AvgIpc) is 3.52. The summed E-state index contributed by atoms with van der Waals surface area (Å²) in [4.78, 5) is 28.8. The molecule has 13 heteroatoms. The molecule has 1 aliphatic heterocycles. The van der Waals surface area contributed by atoms with Crippen LogP contribution < -0.4 is 4.90 Å². The number of rotatable bonds is 4. The molecule has 1 unspecified atom stereocenters. The number of aliphatic hydroxyl groups excluding tert-OH is 1. The van der Waals surface area contributed by atoms with Gasteiger partial charge in [0, 0.05) is 43.8 Å². The molecule has 0 saturated carbocycles. The minimum atomic E-state index is -4.49. The number of nitrogens with zero attached hydrogens (tertiary/aromatic N) is 7. The van der Waals surface area contributed by atoms with E-state index in [1.54, 1.807) is 23.4 Å². The third kappa shape index (κ3) is 3.94. The summed E-state index contributed by atoms with van der Waals surface area (Å²) in [6, 6.07) is 3.61. The Balaban J connectivity index is 1.47. The molecule has 1 atom stereocenters. The number of H-pyrrole nitrogens is 1. The van der Waals surface area contributed by atoms with Gasteiger partial charge in [0.2, 0.25) is 5.91 Å². The quantitative estimate of drug-likeness (QED) is 0.466. The normalized spacial score (nSPS) is 16.9. The van der Waals surface area contributed by atoms with E-state index in [0.717, 1.165) is 17.8 Å². The minimum absolute atomic E-state index is 0.220. The maximum absolute atomic E-state index is 13.2. The molecule has 5 heterocycles. The number of imidazole rings is 1. The van der Waals surface area contributed by atoms with E-state index >= 15 is 0 Å². The highest BCUT2D eigenvalue weighted by Crippen LogP contribution is 2.31. The molecule has 1 saturated heterocycles. The third-order valence-electron chi connectivity index (χ3n) is 5.77. The van der Waals surface area contributed by atoms with Crippen LogP contribution in [0.4, 0.5) is 19.0 Å². The maximum atomic E-state index is 13.2. The smallest absolute Gasteiger partial charge is 0.387 e. The summed E-state index contributed by atoms with van der Waals surface area (Å²) in [6.45, 7) is 0.578. The Morgan fingerprint density at radius 2 is 2.03 bits per heavy atom. The summed E-state index contributed by atoms with van der Waals surface area (Å²) in [5.41, 5.74) is 0.641. The van der Waals surface area contributed by atoms with Crippen molar-refractivity contribution in [2.24, 2.45) is 0 Å². The standard InChI is InChI=1S/C21H19F3N8O2/c22-21(23,24)14-1-2-17-26-9-15(32(17)10-14)20-25-4-3-18(29-20)30-5-6-31(19(34)12-33)16(11-30)13-7-27-28-8-13/h1-4,7-10,16,33H,5-6,11-12H2,(H,27,28). The number of anilines is 1. The molecule has 0 bridgehead atoms. The maximum Gasteiger partial charge on any atom is 0.417 e. The largest absolute Gasteiger partial charge is 0.417 e. The lowest BCUT2D eigenvalue weighted by Crippen LogP contribution is -2.51. The van der Waals surface area contributed by atoms with Gasteiger partial charge in [-0.1, -0.05) is 0 Å². The van der Waals surface area contributed by atoms with Crippen molar-refractivity contribution in [3.05, 3.63) is 60.3 Å². The van der Waals surface area contributed by atoms with Crippen LogP contribution >= 0.6 is 0 Å². The van der Waals surface area contributed by atoms with E-state index in [-0.39, 0.29) is 17.8 Å². The first kappa shape index (κ1) is 21.8. The summed E-state index contributed by atoms with van der Waals surface area (Å²) in [6.07, 6.45) is 2.75. The third-order valence-corrected chi connectivity index (χ3v) is 5.77. The van der Waals surface area contributed by atoms with Crippen molar-refractivity contribution in [3.8, 4) is 11.5 Å². The van der Waals surface area contributed by atoms with Gasteiger partial charge >= 0.3 is 6.18 Å². The van der Waals surface area contributed by atoms with Crippen molar-refractivity contribution in [2.45, 2.75) is 12.2 Å². The molecule has 10 nitrogen and oxygen atoms in total. The number of alkyl halides is 3. The first-order valence-electron chi connectivity index (χ1n) is 10.4. The summed E-state index contributed by atoms with van der Waals surface area (Å²) in [5, 5.41) is 16.0. The van der Waals surface area contributed by atoms with Crippen molar-refractivity contribution in [2.75, 3.05) is 31.1 Å². The summed E-state index contributed by atoms with van der Waals surface area (Å²) >= 11 is 0. The number of aliphatic hydroxyl groups is 1. The number of hydrogen-bond acceptors (Lipinski definition) is 7. The number of nitrogens with one attached hydrogen (secondary N) is 1. The molecule has 1 aliphatic rings. The zero-order chi connectivity index (χ0) is 23.9. The molecule has 5 rings (SSSR count). The van der Waals surface area contributed by atoms with Crippen LogP contribution in [0.1, 0.15) is 17.2 Å². The van der Waals surface area contributed by atoms with Gasteiger partial charge in [0.05, 0.1) is 24.0 Å². The zero-order valence-electron chi connectivity index (χ0n) is 17.6. The molecule has 0 aliphatic carbocycles. The van der Waals surface area contributed by atoms with Crippen molar-refractivity contribution in [1.82, 2.24) is 34.4 Å². The van der Waals surface area contributed by atoms with Crippen LogP contribution in [0.15, 0.2) is 49.2 Å². The summed E-state index contributed by atoms with van der Waals surface area (Å²) < 4.78 is 40.9. The molecule has 0 spiro atoms. The van der Waals surface area contributed by atoms with Gasteiger partial charge in [0.15, 0.2) is 5.82 Å². The predicted molar refractivity (Wildman–Crippen MR) is 114 cm³/mol. The molecular weight excluding hydrogens is 453 g/mol. The summed E-state index contributed by atoms with van der Waals surface area (Å²) in [7, 11) is 0. The second-order valence-corrected chi connectivity index (χ2v) is 7.76. The molecule has 2 N–H and O–H groups in total. The Morgan fingerprint density at radius 1 is 1.18 bits per heavy atom. The van der Waals surface area contributed by atoms with E-state index in [1.165, 1.54) is 22.9 Å². The fraction of sp³-hybridized carbons (Fsp3) is 0.286. The number of piperazine rings is 1. The number of carbonyl (C=O) groups excluding carboxylic acids is 1. The molecule has 4 aromatic heterocycles. The van der Waals surface area contributed by atoms with E-state index in [4.69, 9.17) is 0 Å². The van der Waals surface area contributed by atoms with Gasteiger partial charge in [-0.2, -0.15) is 18.3 Å². The van der Waals surface area contributed by atoms with Crippen LogP contribution in [0.5, 0.6) is 0 Å². The van der Waals surface area contributed by atoms with E-state index in [2.05, 4.69) is 25.1 Å². The molecule has 34 heavy (non-hydrogen) atoms. The Hall–Kier alpha value is -4.00. The summed E-state index contributed by atoms with van der Waals surface area (Å²) in [5.74, 6) is 0.384. The van der Waals surface area contributed by atoms with Gasteiger partial charge in [-0.15, -0.1) is 0 Å². The number of pyridine rings is 1. The number of carbonyl (C=O) groups is 1. The van der Waals surface area contributed by atoms with Gasteiger partial charge in [0.25, 0.3) is 0 Å². The molecule has 1 amide bonds. The lowest BCUT2D eigenvalue weighted by Gasteiger charge is -2.41. The molecule has 1 fully saturated rings. The Morgan fingerprint density at radius 3 is 2.76 bits per heavy atom. The van der Waals surface area contributed by atoms with Gasteiger partial charge in [-0.05, 0) is 18.2 Å². The topological polar surface area (TPSA) is 116 Å². The van der Waals surface area contributed by atoms with Crippen molar-refractivity contribution in [1.29, 1.82) is 0 Å². The fourth-order valence-electron chi connectivity index (χ4n) is 4.07. The highest BCUT2D eigenvalue weighted by atomic mass is 19.4. The first-order chi connectivity index (χ1) is 16.3. The lowest BCUT2D eigenvalue weighted by atomic mass is 10.1. The van der Waals surface area contributed by atoms with Crippen LogP contribution in [-0.2, 0) is 11.0 Å². The van der Waals surface area contributed by atoms with Crippen LogP contribution in [0.3, 0.4) is 0 Å². The van der Waals surface area contributed by atoms with E-state index < -0.39 is 18.3 Å². The molecule has 4 aromatic rings. The first-order valence-corrected chi connectivity index (χ1v) is 10.4. The van der Waals surface area contributed by atoms with Gasteiger partial charge in [-0.25, -0.2) is 15.0 Å². The number of halogens is 3. The van der Waals surface area contributed by atoms with E-state index in [1.807, 2.05) is 4.90 Å². The second kappa shape index (κ2) is 8.41. The molecular formula is C21H19F3N8O2. The number of aromatic nitrogens is 6. The number of amides is 1. The fourth-order valence-corrected chi connectivity index (χ4v) is 4.07. The molecule has 0 radical (unpaired) electrons. The number of fused-ring (bicyclic) bond motifs is 1. The van der Waals surface area contributed by atoms with Crippen LogP contribution in [0.25, 0.3) is 17.2 Å². The van der Waals surface area contributed by atoms with Crippen LogP contribution in [0.2, 0.25) is 0 Å². The predicted octanol–water partition coefficient (Wildman–Crippen LogP) is 1.92. The minimum Gasteiger partial charge on any atom is -0.387 e. The van der Waals surface area contributed by atoms with Gasteiger partial charge in [0.1, 0.15) is 23.8 Å². The van der Waals surface area contributed by atoms with E-state index in [9.17, 15) is 23.1 Å². The van der Waals surface area contributed by atoms with E-state index in [0.29, 0.717) is 36.8 Å². The second-order valence-electron chi connectivity index (χ2n) is 7.76. The number of aromatic amines is 1. The number of hydrogen-bond donors (Lipinski definition) is 2. The highest BCUT2D eigenvalue weighted by molar-refractivity contribution is 5.78. The average molecular weight is 472 g/mol. The Labute approximate surface area is 190 Å². The highest BCUT2D eigenvalue weighted by Gasteiger charge is 2.33. The van der Waals surface area contributed by atoms with Crippen molar-refractivity contribution in [3.63, 3.8) is 0 Å². The van der Waals surface area contributed by atoms with Gasteiger partial charge < -0.3 is 14.9 Å². The zero-order valence-corrected chi connectivity index (χ0v) is 17.6. The monoisotopic (exact) mass is 472 g/mol. The Bertz CT molecular complexity index is 1320. The SMILES string of the molecule is O=C(CO)N1CCN(c2ccnc(-c3cnc4ccc(C(F)(F)F)cn34)n2)CC1c1cn[nH]c1. The van der Waals surface area contributed by atoms with Crippen LogP contribution in [0, 0.1) is 0 Å². The molecule has 0 aromatic carbocycles. The molecule has 176 valence electrons. The van der Waals surface area contributed by atoms with Crippen LogP contribution in [-0.4, -0.2) is 71.7 Å². The van der Waals surface area contributed by atoms with Crippen molar-refractivity contribution < 1.29 is 23.1 Å². The van der Waals surface area contributed by atoms with Gasteiger partial charge in [-0.3, -0.25) is 14.3 Å². The van der Waals surface area contributed by atoms with Crippen molar-refractivity contribution >= 4 is 17.4 Å². The lowest BCUT2D eigenvalue weighted by molar-refractivity contribution is -0.138. The Kier molecular flexibility index (Phi) is 5.40.